The van der Waals surface area contributed by atoms with Crippen molar-refractivity contribution in [3.05, 3.63) is 45.5 Å². The molecule has 1 fully saturated rings. The number of nitrogens with zero attached hydrogens (tertiary/aromatic N) is 4. The van der Waals surface area contributed by atoms with Gasteiger partial charge in [-0.3, -0.25) is 24.0 Å². The predicted octanol–water partition coefficient (Wildman–Crippen LogP) is 5.31. The summed E-state index contributed by atoms with van der Waals surface area (Å²) in [5.74, 6) is -4.72. The van der Waals surface area contributed by atoms with Crippen LogP contribution in [0.4, 0.5) is 26.3 Å². The second kappa shape index (κ2) is 10.9. The molecule has 2 heterocycles. The molecular weight excluding hydrogens is 557 g/mol. The summed E-state index contributed by atoms with van der Waals surface area (Å²) in [5.41, 5.74) is -3.21. The Morgan fingerprint density at radius 1 is 1.00 bits per heavy atom. The van der Waals surface area contributed by atoms with Crippen LogP contribution in [0.3, 0.4) is 0 Å². The Morgan fingerprint density at radius 2 is 1.57 bits per heavy atom. The molecule has 2 aromatic heterocycles. The molecule has 16 heteroatoms. The van der Waals surface area contributed by atoms with Gasteiger partial charge >= 0.3 is 18.3 Å². The standard InChI is InChI=1S/C21H18Cl2F6N4O4/c22-13-6-30-7-14(23)16(13)15(34)8-32(9-20(24,25)26)18(35)12-5-31-33(17(12)21(27,28)29)11-3-1-10(2-4-11)19(36)37/h5-7,10-11H,1-4,8-9H2,(H,36,37). The zero-order valence-electron chi connectivity index (χ0n) is 18.6. The SMILES string of the molecule is O=C(CN(CC(F)(F)F)C(=O)c1cnn(C2CCC(C(=O)O)CC2)c1C(F)(F)F)c1c(Cl)cncc1Cl. The Kier molecular flexibility index (Phi) is 8.42. The number of halogens is 8. The van der Waals surface area contributed by atoms with Crippen molar-refractivity contribution in [2.45, 2.75) is 44.1 Å². The number of pyridine rings is 1. The number of ketones is 1. The summed E-state index contributed by atoms with van der Waals surface area (Å²) in [6.45, 7) is -3.32. The van der Waals surface area contributed by atoms with E-state index in [1.54, 1.807) is 0 Å². The Balaban J connectivity index is 1.97. The first kappa shape index (κ1) is 28.7. The number of hydrogen-bond donors (Lipinski definition) is 1. The van der Waals surface area contributed by atoms with Crippen molar-refractivity contribution in [1.29, 1.82) is 0 Å². The predicted molar refractivity (Wildman–Crippen MR) is 116 cm³/mol. The molecule has 1 N–H and O–H groups in total. The summed E-state index contributed by atoms with van der Waals surface area (Å²) in [4.78, 5) is 40.4. The maximum Gasteiger partial charge on any atom is 0.433 e. The largest absolute Gasteiger partial charge is 0.481 e. The van der Waals surface area contributed by atoms with Gasteiger partial charge in [-0.25, -0.2) is 0 Å². The van der Waals surface area contributed by atoms with Crippen molar-refractivity contribution in [2.75, 3.05) is 13.1 Å². The van der Waals surface area contributed by atoms with Gasteiger partial charge in [0.1, 0.15) is 6.54 Å². The molecule has 1 saturated carbocycles. The highest BCUT2D eigenvalue weighted by Gasteiger charge is 2.44. The fraction of sp³-hybridized carbons (Fsp3) is 0.476. The van der Waals surface area contributed by atoms with Gasteiger partial charge in [0.25, 0.3) is 5.91 Å². The number of aromatic nitrogens is 3. The number of carboxylic acids is 1. The number of carbonyl (C=O) groups is 3. The quantitative estimate of drug-likeness (QED) is 0.355. The van der Waals surface area contributed by atoms with Crippen LogP contribution in [0.1, 0.15) is 58.1 Å². The van der Waals surface area contributed by atoms with Crippen LogP contribution in [0.2, 0.25) is 10.0 Å². The number of amides is 1. The zero-order valence-corrected chi connectivity index (χ0v) is 20.1. The maximum atomic E-state index is 14.0. The highest BCUT2D eigenvalue weighted by molar-refractivity contribution is 6.39. The molecule has 0 aliphatic heterocycles. The van der Waals surface area contributed by atoms with Crippen LogP contribution in [0, 0.1) is 5.92 Å². The summed E-state index contributed by atoms with van der Waals surface area (Å²) in [6, 6.07) is -0.930. The zero-order chi connectivity index (χ0) is 27.7. The smallest absolute Gasteiger partial charge is 0.433 e. The van der Waals surface area contributed by atoms with Gasteiger partial charge in [0.05, 0.1) is 45.9 Å². The minimum atomic E-state index is -5.20. The fourth-order valence-electron chi connectivity index (χ4n) is 4.16. The minimum absolute atomic E-state index is 0.000844. The van der Waals surface area contributed by atoms with Crippen molar-refractivity contribution in [3.8, 4) is 0 Å². The summed E-state index contributed by atoms with van der Waals surface area (Å²) in [6.07, 6.45) is -7.68. The van der Waals surface area contributed by atoms with Crippen LogP contribution in [0.15, 0.2) is 18.6 Å². The van der Waals surface area contributed by atoms with Crippen LogP contribution in [-0.2, 0) is 11.0 Å². The van der Waals surface area contributed by atoms with Crippen molar-refractivity contribution in [1.82, 2.24) is 19.7 Å². The molecule has 0 aromatic carbocycles. The molecule has 0 atom stereocenters. The van der Waals surface area contributed by atoms with Gasteiger partial charge < -0.3 is 10.0 Å². The molecule has 37 heavy (non-hydrogen) atoms. The third-order valence-electron chi connectivity index (χ3n) is 5.81. The average Bonchev–Trinajstić information content (AvgIpc) is 3.23. The van der Waals surface area contributed by atoms with Gasteiger partial charge in [0.2, 0.25) is 0 Å². The third-order valence-corrected chi connectivity index (χ3v) is 6.38. The van der Waals surface area contributed by atoms with E-state index < -0.39 is 71.9 Å². The Labute approximate surface area is 215 Å². The molecule has 2 aromatic rings. The topological polar surface area (TPSA) is 105 Å². The van der Waals surface area contributed by atoms with E-state index in [9.17, 15) is 40.7 Å². The highest BCUT2D eigenvalue weighted by Crippen LogP contribution is 2.39. The summed E-state index contributed by atoms with van der Waals surface area (Å²) in [7, 11) is 0. The molecule has 1 aliphatic carbocycles. The highest BCUT2D eigenvalue weighted by atomic mass is 35.5. The Bertz CT molecular complexity index is 1170. The first-order valence-electron chi connectivity index (χ1n) is 10.7. The number of Topliss-reactive ketones (excluding diaryl/α,β-unsaturated/α-hetero) is 1. The minimum Gasteiger partial charge on any atom is -0.481 e. The normalized spacial score (nSPS) is 18.5. The lowest BCUT2D eigenvalue weighted by molar-refractivity contribution is -0.148. The van der Waals surface area contributed by atoms with Crippen molar-refractivity contribution in [2.24, 2.45) is 5.92 Å². The van der Waals surface area contributed by atoms with Gasteiger partial charge in [0.15, 0.2) is 11.5 Å². The van der Waals surface area contributed by atoms with Gasteiger partial charge in [0, 0.05) is 12.4 Å². The van der Waals surface area contributed by atoms with Crippen LogP contribution in [0.25, 0.3) is 0 Å². The lowest BCUT2D eigenvalue weighted by Gasteiger charge is -2.28. The lowest BCUT2D eigenvalue weighted by atomic mass is 9.86. The van der Waals surface area contributed by atoms with E-state index in [1.807, 2.05) is 0 Å². The van der Waals surface area contributed by atoms with Crippen LogP contribution < -0.4 is 0 Å². The number of alkyl halides is 6. The third kappa shape index (κ3) is 6.72. The van der Waals surface area contributed by atoms with Gasteiger partial charge in [-0.05, 0) is 25.7 Å². The van der Waals surface area contributed by atoms with Crippen molar-refractivity contribution >= 4 is 40.9 Å². The maximum absolute atomic E-state index is 14.0. The average molecular weight is 575 g/mol. The Morgan fingerprint density at radius 3 is 2.05 bits per heavy atom. The van der Waals surface area contributed by atoms with E-state index in [0.29, 0.717) is 10.9 Å². The lowest BCUT2D eigenvalue weighted by Crippen LogP contribution is -2.42. The van der Waals surface area contributed by atoms with Crippen LogP contribution in [-0.4, -0.2) is 61.7 Å². The van der Waals surface area contributed by atoms with Gasteiger partial charge in [-0.1, -0.05) is 23.2 Å². The number of carbonyl (C=O) groups excluding carboxylic acids is 2. The van der Waals surface area contributed by atoms with Crippen LogP contribution in [0.5, 0.6) is 0 Å². The molecule has 0 spiro atoms. The second-order valence-corrected chi connectivity index (χ2v) is 9.18. The molecular formula is C21H18Cl2F6N4O4. The van der Waals surface area contributed by atoms with E-state index in [0.717, 1.165) is 12.4 Å². The molecule has 1 aliphatic rings. The molecule has 3 rings (SSSR count). The monoisotopic (exact) mass is 574 g/mol. The molecule has 1 amide bonds. The summed E-state index contributed by atoms with van der Waals surface area (Å²) in [5, 5.41) is 12.1. The van der Waals surface area contributed by atoms with Gasteiger partial charge in [-0.15, -0.1) is 0 Å². The number of aliphatic carboxylic acids is 1. The first-order chi connectivity index (χ1) is 17.1. The van der Waals surface area contributed by atoms with E-state index in [-0.39, 0.29) is 40.6 Å². The first-order valence-corrected chi connectivity index (χ1v) is 11.4. The summed E-state index contributed by atoms with van der Waals surface area (Å²) >= 11 is 11.7. The van der Waals surface area contributed by atoms with E-state index in [4.69, 9.17) is 28.3 Å². The van der Waals surface area contributed by atoms with E-state index in [1.165, 1.54) is 0 Å². The summed E-state index contributed by atoms with van der Waals surface area (Å²) < 4.78 is 82.4. The van der Waals surface area contributed by atoms with Crippen molar-refractivity contribution in [3.63, 3.8) is 0 Å². The van der Waals surface area contributed by atoms with Crippen molar-refractivity contribution < 1.29 is 45.8 Å². The second-order valence-electron chi connectivity index (χ2n) is 8.37. The number of rotatable bonds is 7. The molecule has 8 nitrogen and oxygen atoms in total. The molecule has 202 valence electrons. The molecule has 0 radical (unpaired) electrons. The number of hydrogen-bond acceptors (Lipinski definition) is 5. The van der Waals surface area contributed by atoms with Crippen LogP contribution >= 0.6 is 23.2 Å². The molecule has 0 bridgehead atoms. The molecule has 0 unspecified atom stereocenters. The molecule has 0 saturated heterocycles. The van der Waals surface area contributed by atoms with E-state index in [2.05, 4.69) is 10.1 Å². The Hall–Kier alpha value is -2.87. The fourth-order valence-corrected chi connectivity index (χ4v) is 4.74. The number of carboxylic acid groups (broad SMARTS) is 1. The van der Waals surface area contributed by atoms with Gasteiger partial charge in [-0.2, -0.15) is 31.4 Å². The van der Waals surface area contributed by atoms with E-state index >= 15 is 0 Å².